The molecule has 0 aromatic carbocycles. The van der Waals surface area contributed by atoms with Crippen LogP contribution in [0.4, 0.5) is 0 Å². The van der Waals surface area contributed by atoms with Gasteiger partial charge in [-0.25, -0.2) is 0 Å². The van der Waals surface area contributed by atoms with Crippen LogP contribution < -0.4 is 5.32 Å². The second kappa shape index (κ2) is 9.91. The summed E-state index contributed by atoms with van der Waals surface area (Å²) in [6, 6.07) is 3.07. The van der Waals surface area contributed by atoms with Crippen LogP contribution in [0.25, 0.3) is 0 Å². The average Bonchev–Trinajstić information content (AvgIpc) is 2.94. The molecule has 3 heteroatoms. The fourth-order valence-corrected chi connectivity index (χ4v) is 5.60. The summed E-state index contributed by atoms with van der Waals surface area (Å²) in [6.45, 7) is 2.29. The minimum absolute atomic E-state index is 0.584. The van der Waals surface area contributed by atoms with Gasteiger partial charge in [-0.3, -0.25) is 0 Å². The number of nitrogens with one attached hydrogen (secondary N) is 1. The maximum absolute atomic E-state index is 3.54. The van der Waals surface area contributed by atoms with Gasteiger partial charge >= 0.3 is 0 Å². The second-order valence-corrected chi connectivity index (χ2v) is 8.42. The highest BCUT2D eigenvalue weighted by Gasteiger charge is 2.18. The van der Waals surface area contributed by atoms with Crippen molar-refractivity contribution < 1.29 is 0 Å². The van der Waals surface area contributed by atoms with Crippen LogP contribution in [0.3, 0.4) is 0 Å². The molecule has 0 fully saturated rings. The van der Waals surface area contributed by atoms with Crippen molar-refractivity contribution in [2.24, 2.45) is 0 Å². The number of aryl methyl sites for hydroxylation is 1. The number of thioether (sulfide) groups is 1. The highest BCUT2D eigenvalue weighted by atomic mass is 32.2. The molecule has 0 aliphatic carbocycles. The largest absolute Gasteiger partial charge is 0.312 e. The Morgan fingerprint density at radius 1 is 1.14 bits per heavy atom. The van der Waals surface area contributed by atoms with Crippen molar-refractivity contribution in [2.45, 2.75) is 76.5 Å². The maximum atomic E-state index is 3.54. The Morgan fingerprint density at radius 3 is 2.62 bits per heavy atom. The van der Waals surface area contributed by atoms with Crippen LogP contribution in [0.2, 0.25) is 0 Å². The number of hydrogen-bond acceptors (Lipinski definition) is 3. The first-order valence-electron chi connectivity index (χ1n) is 8.71. The third-order valence-electron chi connectivity index (χ3n) is 4.43. The lowest BCUT2D eigenvalue weighted by Gasteiger charge is -2.14. The summed E-state index contributed by atoms with van der Waals surface area (Å²) in [5, 5.41) is 3.54. The van der Waals surface area contributed by atoms with Gasteiger partial charge in [-0.2, -0.15) is 11.8 Å². The van der Waals surface area contributed by atoms with E-state index >= 15 is 0 Å². The molecule has 1 nitrogen and oxygen atoms in total. The van der Waals surface area contributed by atoms with Crippen molar-refractivity contribution in [2.75, 3.05) is 12.8 Å². The van der Waals surface area contributed by atoms with Gasteiger partial charge < -0.3 is 5.32 Å². The molecule has 1 aromatic heterocycles. The first-order valence-corrected chi connectivity index (χ1v) is 10.7. The van der Waals surface area contributed by atoms with E-state index in [2.05, 4.69) is 48.5 Å². The normalized spacial score (nSPS) is 15.9. The molecule has 0 saturated carbocycles. The highest BCUT2D eigenvalue weighted by molar-refractivity contribution is 7.98. The Morgan fingerprint density at radius 2 is 1.90 bits per heavy atom. The number of hydrogen-bond donors (Lipinski definition) is 1. The van der Waals surface area contributed by atoms with E-state index in [1.807, 2.05) is 0 Å². The molecule has 1 N–H and O–H groups in total. The first kappa shape index (κ1) is 17.4. The summed E-state index contributed by atoms with van der Waals surface area (Å²) >= 11 is 4.15. The Bertz CT molecular complexity index is 376. The molecule has 21 heavy (non-hydrogen) atoms. The Hall–Kier alpha value is 0.01000. The average molecular weight is 326 g/mol. The van der Waals surface area contributed by atoms with Crippen LogP contribution in [-0.4, -0.2) is 12.8 Å². The first-order chi connectivity index (χ1) is 10.3. The zero-order chi connectivity index (χ0) is 14.9. The number of thiophene rings is 1. The molecule has 0 bridgehead atoms. The van der Waals surface area contributed by atoms with E-state index in [4.69, 9.17) is 0 Å². The molecule has 1 aliphatic rings. The van der Waals surface area contributed by atoms with Crippen LogP contribution in [-0.2, 0) is 12.2 Å². The van der Waals surface area contributed by atoms with Gasteiger partial charge in [0.2, 0.25) is 0 Å². The van der Waals surface area contributed by atoms with E-state index in [0.717, 1.165) is 0 Å². The lowest BCUT2D eigenvalue weighted by atomic mass is 10.0. The predicted octanol–water partition coefficient (Wildman–Crippen LogP) is 5.94. The summed E-state index contributed by atoms with van der Waals surface area (Å²) in [6.07, 6.45) is 12.4. The second-order valence-electron chi connectivity index (χ2n) is 6.15. The van der Waals surface area contributed by atoms with Crippen LogP contribution in [0.1, 0.15) is 79.6 Å². The quantitative estimate of drug-likeness (QED) is 0.534. The zero-order valence-corrected chi connectivity index (χ0v) is 15.4. The van der Waals surface area contributed by atoms with Gasteiger partial charge in [0.15, 0.2) is 0 Å². The van der Waals surface area contributed by atoms with Crippen molar-refractivity contribution in [1.82, 2.24) is 5.32 Å². The van der Waals surface area contributed by atoms with Crippen LogP contribution in [0, 0.1) is 0 Å². The molecule has 0 amide bonds. The molecule has 1 aliphatic heterocycles. The van der Waals surface area contributed by atoms with Crippen LogP contribution >= 0.6 is 23.1 Å². The van der Waals surface area contributed by atoms with Crippen molar-refractivity contribution in [3.63, 3.8) is 0 Å². The molecular weight excluding hydrogens is 294 g/mol. The lowest BCUT2D eigenvalue weighted by Crippen LogP contribution is -2.14. The van der Waals surface area contributed by atoms with Gasteiger partial charge in [0.1, 0.15) is 0 Å². The Kier molecular flexibility index (Phi) is 8.20. The van der Waals surface area contributed by atoms with Crippen LogP contribution in [0.5, 0.6) is 0 Å². The molecular formula is C18H31NS2. The fourth-order valence-electron chi connectivity index (χ4n) is 3.08. The third-order valence-corrected chi connectivity index (χ3v) is 6.79. The summed E-state index contributed by atoms with van der Waals surface area (Å²) in [5.74, 6) is 2.55. The summed E-state index contributed by atoms with van der Waals surface area (Å²) in [7, 11) is 2.12. The van der Waals surface area contributed by atoms with Crippen LogP contribution in [0.15, 0.2) is 6.07 Å². The van der Waals surface area contributed by atoms with Gasteiger partial charge in [0, 0.05) is 21.5 Å². The SMILES string of the molecule is CCCCCCCCCC(NC)c1cc2c(s1)CCSC2. The summed E-state index contributed by atoms with van der Waals surface area (Å²) in [4.78, 5) is 3.24. The maximum Gasteiger partial charge on any atom is 0.0412 e. The van der Waals surface area contributed by atoms with Gasteiger partial charge in [0.05, 0.1) is 0 Å². The highest BCUT2D eigenvalue weighted by Crippen LogP contribution is 2.35. The lowest BCUT2D eigenvalue weighted by molar-refractivity contribution is 0.501. The molecule has 0 saturated heterocycles. The zero-order valence-electron chi connectivity index (χ0n) is 13.7. The number of unbranched alkanes of at least 4 members (excludes halogenated alkanes) is 6. The minimum atomic E-state index is 0.584. The topological polar surface area (TPSA) is 12.0 Å². The van der Waals surface area contributed by atoms with E-state index in [0.29, 0.717) is 6.04 Å². The molecule has 0 radical (unpaired) electrons. The smallest absolute Gasteiger partial charge is 0.0412 e. The van der Waals surface area contributed by atoms with E-state index in [1.54, 1.807) is 15.3 Å². The van der Waals surface area contributed by atoms with Crippen molar-refractivity contribution in [3.8, 4) is 0 Å². The number of rotatable bonds is 10. The van der Waals surface area contributed by atoms with Gasteiger partial charge in [0.25, 0.3) is 0 Å². The molecule has 1 unspecified atom stereocenters. The van der Waals surface area contributed by atoms with E-state index in [9.17, 15) is 0 Å². The van der Waals surface area contributed by atoms with Gasteiger partial charge in [-0.05, 0) is 37.3 Å². The monoisotopic (exact) mass is 325 g/mol. The minimum Gasteiger partial charge on any atom is -0.312 e. The molecule has 2 rings (SSSR count). The van der Waals surface area contributed by atoms with Gasteiger partial charge in [-0.15, -0.1) is 11.3 Å². The molecule has 1 atom stereocenters. The van der Waals surface area contributed by atoms with E-state index in [-0.39, 0.29) is 0 Å². The standard InChI is InChI=1S/C18H31NS2/c1-3-4-5-6-7-8-9-10-16(19-2)18-13-15-14-20-12-11-17(15)21-18/h13,16,19H,3-12,14H2,1-2H3. The Balaban J connectivity index is 1.71. The van der Waals surface area contributed by atoms with Crippen molar-refractivity contribution >= 4 is 23.1 Å². The van der Waals surface area contributed by atoms with Crippen molar-refractivity contribution in [3.05, 3.63) is 21.4 Å². The number of fused-ring (bicyclic) bond motifs is 1. The summed E-state index contributed by atoms with van der Waals surface area (Å²) in [5.41, 5.74) is 1.62. The third kappa shape index (κ3) is 5.61. The molecule has 120 valence electrons. The van der Waals surface area contributed by atoms with E-state index in [1.165, 1.54) is 69.3 Å². The molecule has 0 spiro atoms. The molecule has 1 aromatic rings. The van der Waals surface area contributed by atoms with Crippen molar-refractivity contribution in [1.29, 1.82) is 0 Å². The fraction of sp³-hybridized carbons (Fsp3) is 0.778. The summed E-state index contributed by atoms with van der Waals surface area (Å²) < 4.78 is 0. The predicted molar refractivity (Wildman–Crippen MR) is 98.6 cm³/mol. The molecule has 2 heterocycles. The van der Waals surface area contributed by atoms with E-state index < -0.39 is 0 Å². The van der Waals surface area contributed by atoms with Gasteiger partial charge in [-0.1, -0.05) is 51.9 Å². The Labute approximate surface area is 139 Å².